The molecule has 2 rings (SSSR count). The minimum atomic E-state index is -4.81. The van der Waals surface area contributed by atoms with E-state index in [2.05, 4.69) is 9.15 Å². The van der Waals surface area contributed by atoms with Crippen LogP contribution in [0.3, 0.4) is 0 Å². The Morgan fingerprint density at radius 2 is 1.88 bits per heavy atom. The van der Waals surface area contributed by atoms with Crippen molar-refractivity contribution in [3.63, 3.8) is 0 Å². The van der Waals surface area contributed by atoms with E-state index in [0.717, 1.165) is 7.11 Å². The second kappa shape index (κ2) is 3.80. The SMILES string of the molecule is COc1c(C(F)(F)F)c(=O)oc2ccccc12. The molecule has 0 N–H and O–H groups in total. The standard InChI is InChI=1S/C11H7F3O3/c1-16-9-6-4-2-3-5-7(6)17-10(15)8(9)11(12,13)14/h2-5H,1H3. The van der Waals surface area contributed by atoms with Gasteiger partial charge in [-0.15, -0.1) is 0 Å². The maximum atomic E-state index is 12.7. The molecule has 0 saturated carbocycles. The molecular weight excluding hydrogens is 237 g/mol. The van der Waals surface area contributed by atoms with E-state index < -0.39 is 23.1 Å². The highest BCUT2D eigenvalue weighted by Crippen LogP contribution is 2.37. The van der Waals surface area contributed by atoms with Crippen molar-refractivity contribution in [2.45, 2.75) is 6.18 Å². The van der Waals surface area contributed by atoms with Gasteiger partial charge in [0.25, 0.3) is 0 Å². The van der Waals surface area contributed by atoms with Crippen LogP contribution in [0.25, 0.3) is 11.0 Å². The minimum absolute atomic E-state index is 0.0577. The first-order valence-corrected chi connectivity index (χ1v) is 4.62. The first kappa shape index (κ1) is 11.5. The lowest BCUT2D eigenvalue weighted by Gasteiger charge is -2.11. The smallest absolute Gasteiger partial charge is 0.427 e. The number of methoxy groups -OCH3 is 1. The van der Waals surface area contributed by atoms with Gasteiger partial charge < -0.3 is 9.15 Å². The second-order valence-corrected chi connectivity index (χ2v) is 3.29. The van der Waals surface area contributed by atoms with Crippen molar-refractivity contribution < 1.29 is 22.3 Å². The third kappa shape index (κ3) is 1.86. The molecule has 0 bridgehead atoms. The first-order valence-electron chi connectivity index (χ1n) is 4.62. The van der Waals surface area contributed by atoms with Gasteiger partial charge in [-0.1, -0.05) is 12.1 Å². The lowest BCUT2D eigenvalue weighted by molar-refractivity contribution is -0.140. The lowest BCUT2D eigenvalue weighted by atomic mass is 10.1. The Kier molecular flexibility index (Phi) is 2.57. The largest absolute Gasteiger partial charge is 0.495 e. The number of alkyl halides is 3. The summed E-state index contributed by atoms with van der Waals surface area (Å²) in [7, 11) is 1.08. The Morgan fingerprint density at radius 3 is 2.47 bits per heavy atom. The van der Waals surface area contributed by atoms with Gasteiger partial charge in [0.15, 0.2) is 5.56 Å². The van der Waals surface area contributed by atoms with Crippen molar-refractivity contribution in [3.05, 3.63) is 40.2 Å². The van der Waals surface area contributed by atoms with E-state index in [-0.39, 0.29) is 11.0 Å². The number of halogens is 3. The van der Waals surface area contributed by atoms with Gasteiger partial charge in [0.05, 0.1) is 12.5 Å². The van der Waals surface area contributed by atoms with Crippen LogP contribution < -0.4 is 10.4 Å². The van der Waals surface area contributed by atoms with E-state index in [4.69, 9.17) is 0 Å². The van der Waals surface area contributed by atoms with Crippen molar-refractivity contribution in [2.24, 2.45) is 0 Å². The Labute approximate surface area is 93.4 Å². The number of fused-ring (bicyclic) bond motifs is 1. The Balaban J connectivity index is 2.94. The molecule has 3 nitrogen and oxygen atoms in total. The molecule has 0 fully saturated rings. The summed E-state index contributed by atoms with van der Waals surface area (Å²) >= 11 is 0. The maximum Gasteiger partial charge on any atom is 0.427 e. The van der Waals surface area contributed by atoms with Crippen LogP contribution in [0.1, 0.15) is 5.56 Å². The Hall–Kier alpha value is -1.98. The van der Waals surface area contributed by atoms with Crippen molar-refractivity contribution in [1.29, 1.82) is 0 Å². The third-order valence-corrected chi connectivity index (χ3v) is 2.25. The molecule has 0 radical (unpaired) electrons. The van der Waals surface area contributed by atoms with Crippen LogP contribution >= 0.6 is 0 Å². The Morgan fingerprint density at radius 1 is 1.24 bits per heavy atom. The van der Waals surface area contributed by atoms with E-state index in [1.54, 1.807) is 6.07 Å². The van der Waals surface area contributed by atoms with Crippen molar-refractivity contribution in [3.8, 4) is 5.75 Å². The first-order chi connectivity index (χ1) is 7.95. The second-order valence-electron chi connectivity index (χ2n) is 3.29. The molecule has 90 valence electrons. The molecule has 0 spiro atoms. The van der Waals surface area contributed by atoms with Crippen molar-refractivity contribution in [2.75, 3.05) is 7.11 Å². The number of benzene rings is 1. The van der Waals surface area contributed by atoms with Crippen LogP contribution in [0.15, 0.2) is 33.5 Å². The summed E-state index contributed by atoms with van der Waals surface area (Å²) in [5, 5.41) is 0.113. The molecule has 0 aliphatic rings. The molecule has 0 atom stereocenters. The van der Waals surface area contributed by atoms with Crippen LogP contribution in [-0.2, 0) is 6.18 Å². The van der Waals surface area contributed by atoms with E-state index in [1.165, 1.54) is 18.2 Å². The van der Waals surface area contributed by atoms with Gasteiger partial charge in [-0.2, -0.15) is 13.2 Å². The summed E-state index contributed by atoms with van der Waals surface area (Å²) in [6.45, 7) is 0. The number of hydrogen-bond acceptors (Lipinski definition) is 3. The van der Waals surface area contributed by atoms with Gasteiger partial charge in [-0.3, -0.25) is 0 Å². The highest BCUT2D eigenvalue weighted by atomic mass is 19.4. The minimum Gasteiger partial charge on any atom is -0.495 e. The molecular formula is C11H7F3O3. The quantitative estimate of drug-likeness (QED) is 0.724. The summed E-state index contributed by atoms with van der Waals surface area (Å²) in [6.07, 6.45) is -4.81. The molecule has 1 aromatic heterocycles. The summed E-state index contributed by atoms with van der Waals surface area (Å²) < 4.78 is 47.3. The fourth-order valence-electron chi connectivity index (χ4n) is 1.58. The zero-order valence-electron chi connectivity index (χ0n) is 8.67. The lowest BCUT2D eigenvalue weighted by Crippen LogP contribution is -2.19. The van der Waals surface area contributed by atoms with E-state index in [9.17, 15) is 18.0 Å². The molecule has 0 saturated heterocycles. The molecule has 2 aromatic rings. The molecule has 1 heterocycles. The average Bonchev–Trinajstić information content (AvgIpc) is 2.25. The number of rotatable bonds is 1. The molecule has 6 heteroatoms. The molecule has 1 aromatic carbocycles. The molecule has 0 amide bonds. The number of hydrogen-bond donors (Lipinski definition) is 0. The topological polar surface area (TPSA) is 39.4 Å². The summed E-state index contributed by atoms with van der Waals surface area (Å²) in [5.41, 5.74) is -2.81. The highest BCUT2D eigenvalue weighted by molar-refractivity contribution is 5.84. The van der Waals surface area contributed by atoms with Gasteiger partial charge in [-0.25, -0.2) is 4.79 Å². The predicted molar refractivity (Wildman–Crippen MR) is 54.0 cm³/mol. The maximum absolute atomic E-state index is 12.7. The fourth-order valence-corrected chi connectivity index (χ4v) is 1.58. The monoisotopic (exact) mass is 244 g/mol. The summed E-state index contributed by atoms with van der Waals surface area (Å²) in [5.74, 6) is -0.510. The van der Waals surface area contributed by atoms with Crippen LogP contribution in [0.2, 0.25) is 0 Å². The Bertz CT molecular complexity index is 613. The predicted octanol–water partition coefficient (Wildman–Crippen LogP) is 2.82. The van der Waals surface area contributed by atoms with Gasteiger partial charge in [0, 0.05) is 0 Å². The van der Waals surface area contributed by atoms with Crippen molar-refractivity contribution in [1.82, 2.24) is 0 Å². The average molecular weight is 244 g/mol. The van der Waals surface area contributed by atoms with Gasteiger partial charge in [0.1, 0.15) is 11.3 Å². The number of para-hydroxylation sites is 1. The van der Waals surface area contributed by atoms with Crippen LogP contribution in [0, 0.1) is 0 Å². The zero-order valence-corrected chi connectivity index (χ0v) is 8.67. The van der Waals surface area contributed by atoms with Gasteiger partial charge in [-0.05, 0) is 12.1 Å². The van der Waals surface area contributed by atoms with Crippen LogP contribution in [-0.4, -0.2) is 7.11 Å². The fraction of sp³-hybridized carbons (Fsp3) is 0.182. The molecule has 17 heavy (non-hydrogen) atoms. The van der Waals surface area contributed by atoms with E-state index >= 15 is 0 Å². The normalized spacial score (nSPS) is 11.8. The number of ether oxygens (including phenoxy) is 1. The van der Waals surface area contributed by atoms with E-state index in [0.29, 0.717) is 0 Å². The molecule has 0 unspecified atom stereocenters. The van der Waals surface area contributed by atoms with Crippen LogP contribution in [0.5, 0.6) is 5.75 Å². The summed E-state index contributed by atoms with van der Waals surface area (Å²) in [6, 6.07) is 5.88. The van der Waals surface area contributed by atoms with E-state index in [1.807, 2.05) is 0 Å². The third-order valence-electron chi connectivity index (χ3n) is 2.25. The molecule has 0 aliphatic heterocycles. The van der Waals surface area contributed by atoms with Crippen LogP contribution in [0.4, 0.5) is 13.2 Å². The summed E-state index contributed by atoms with van der Waals surface area (Å²) in [4.78, 5) is 11.3. The molecule has 0 aliphatic carbocycles. The zero-order chi connectivity index (χ0) is 12.6. The van der Waals surface area contributed by atoms with Gasteiger partial charge >= 0.3 is 11.8 Å². The highest BCUT2D eigenvalue weighted by Gasteiger charge is 2.39. The van der Waals surface area contributed by atoms with Gasteiger partial charge in [0.2, 0.25) is 0 Å². The van der Waals surface area contributed by atoms with Crippen molar-refractivity contribution >= 4 is 11.0 Å².